The number of rotatable bonds is 12. The minimum absolute atomic E-state index is 0.0132. The van der Waals surface area contributed by atoms with Crippen LogP contribution in [0.2, 0.25) is 18.1 Å². The van der Waals surface area contributed by atoms with E-state index in [1.165, 1.54) is 6.08 Å². The largest absolute Gasteiger partial charge is 0.460 e. The van der Waals surface area contributed by atoms with E-state index in [1.54, 1.807) is 27.7 Å². The van der Waals surface area contributed by atoms with Crippen LogP contribution < -0.4 is 16.4 Å². The summed E-state index contributed by atoms with van der Waals surface area (Å²) in [5.41, 5.74) is 5.18. The molecule has 0 rings (SSSR count). The fourth-order valence-electron chi connectivity index (χ4n) is 2.49. The Kier molecular flexibility index (Phi) is 12.1. The molecule has 0 radical (unpaired) electrons. The molecule has 0 heterocycles. The second kappa shape index (κ2) is 13.0. The highest BCUT2D eigenvalue weighted by atomic mass is 28.4. The van der Waals surface area contributed by atoms with Gasteiger partial charge in [0.25, 0.3) is 0 Å². The lowest BCUT2D eigenvalue weighted by Gasteiger charge is -2.40. The monoisotopic (exact) mass is 501 g/mol. The van der Waals surface area contributed by atoms with Crippen LogP contribution in [-0.4, -0.2) is 69.0 Å². The summed E-state index contributed by atoms with van der Waals surface area (Å²) in [4.78, 5) is 49.5. The Morgan fingerprint density at radius 2 is 1.59 bits per heavy atom. The molecule has 196 valence electrons. The summed E-state index contributed by atoms with van der Waals surface area (Å²) in [5, 5.41) is 4.88. The summed E-state index contributed by atoms with van der Waals surface area (Å²) < 4.78 is 16.3. The van der Waals surface area contributed by atoms with Crippen molar-refractivity contribution in [3.63, 3.8) is 0 Å². The van der Waals surface area contributed by atoms with E-state index in [0.717, 1.165) is 0 Å². The summed E-state index contributed by atoms with van der Waals surface area (Å²) in [7, 11) is -2.31. The maximum atomic E-state index is 12.9. The number of hydrogen-bond donors (Lipinski definition) is 3. The van der Waals surface area contributed by atoms with Crippen molar-refractivity contribution < 1.29 is 33.1 Å². The maximum Gasteiger partial charge on any atom is 0.325 e. The van der Waals surface area contributed by atoms with Crippen molar-refractivity contribution in [3.8, 4) is 0 Å². The van der Waals surface area contributed by atoms with Crippen LogP contribution >= 0.6 is 0 Å². The van der Waals surface area contributed by atoms with Crippen molar-refractivity contribution in [1.29, 1.82) is 0 Å². The van der Waals surface area contributed by atoms with E-state index in [-0.39, 0.29) is 18.1 Å². The molecular formula is C23H43N3O7Si. The molecule has 0 aliphatic heterocycles. The number of carbonyl (C=O) groups excluding carboxylic acids is 4. The van der Waals surface area contributed by atoms with Gasteiger partial charge in [0.05, 0.1) is 18.6 Å². The molecule has 3 atom stereocenters. The third-order valence-corrected chi connectivity index (χ3v) is 9.82. The molecule has 0 fully saturated rings. The van der Waals surface area contributed by atoms with E-state index in [1.807, 2.05) is 33.9 Å². The van der Waals surface area contributed by atoms with Gasteiger partial charge in [-0.05, 0) is 45.8 Å². The fraction of sp³-hybridized carbons (Fsp3) is 0.739. The molecule has 0 aromatic heterocycles. The smallest absolute Gasteiger partial charge is 0.325 e. The predicted octanol–water partition coefficient (Wildman–Crippen LogP) is 1.79. The van der Waals surface area contributed by atoms with Crippen molar-refractivity contribution in [2.75, 3.05) is 13.2 Å². The Morgan fingerprint density at radius 1 is 1.03 bits per heavy atom. The first-order valence-corrected chi connectivity index (χ1v) is 14.2. The van der Waals surface area contributed by atoms with Crippen LogP contribution in [0, 0.1) is 0 Å². The van der Waals surface area contributed by atoms with Gasteiger partial charge in [-0.1, -0.05) is 33.4 Å². The van der Waals surface area contributed by atoms with Gasteiger partial charge in [-0.15, -0.1) is 0 Å². The molecule has 2 amide bonds. The molecule has 0 unspecified atom stereocenters. The van der Waals surface area contributed by atoms with E-state index in [2.05, 4.69) is 17.2 Å². The lowest BCUT2D eigenvalue weighted by Crippen LogP contribution is -2.59. The Labute approximate surface area is 204 Å². The standard InChI is InChI=1S/C23H43N3O7Si/c1-11-12-31-18(28)14-25-21(30)19(15(2)33-34(9,10)23(6,7)8)26-20(29)16(24)13-17(27)32-22(3,4)5/h11,15-16,19H,1,12-14,24H2,2-10H3,(H,25,30)(H,26,29)/t15-,16+,19+/m1/s1. The number of carbonyl (C=O) groups is 4. The van der Waals surface area contributed by atoms with Gasteiger partial charge >= 0.3 is 11.9 Å². The zero-order valence-corrected chi connectivity index (χ0v) is 23.1. The third kappa shape index (κ3) is 11.8. The van der Waals surface area contributed by atoms with Crippen LogP contribution in [0.15, 0.2) is 12.7 Å². The van der Waals surface area contributed by atoms with E-state index >= 15 is 0 Å². The van der Waals surface area contributed by atoms with Gasteiger partial charge < -0.3 is 30.3 Å². The molecule has 4 N–H and O–H groups in total. The summed E-state index contributed by atoms with van der Waals surface area (Å²) in [6.45, 7) is 20.0. The van der Waals surface area contributed by atoms with Gasteiger partial charge in [0, 0.05) is 0 Å². The van der Waals surface area contributed by atoms with E-state index in [4.69, 9.17) is 19.6 Å². The zero-order chi connectivity index (χ0) is 26.9. The van der Waals surface area contributed by atoms with E-state index in [9.17, 15) is 19.2 Å². The van der Waals surface area contributed by atoms with Crippen LogP contribution in [0.3, 0.4) is 0 Å². The number of ether oxygens (including phenoxy) is 2. The summed E-state index contributed by atoms with van der Waals surface area (Å²) in [5.74, 6) is -2.64. The van der Waals surface area contributed by atoms with Crippen LogP contribution in [0.5, 0.6) is 0 Å². The molecule has 0 saturated heterocycles. The van der Waals surface area contributed by atoms with Gasteiger partial charge in [-0.25, -0.2) is 0 Å². The molecule has 0 bridgehead atoms. The second-order valence-corrected chi connectivity index (χ2v) is 15.4. The molecular weight excluding hydrogens is 458 g/mol. The number of esters is 2. The SMILES string of the molecule is C=CCOC(=O)CNC(=O)[C@@H](NC(=O)[C@@H](N)CC(=O)OC(C)(C)C)[C@@H](C)O[Si](C)(C)C(C)(C)C. The summed E-state index contributed by atoms with van der Waals surface area (Å²) in [6.07, 6.45) is 0.315. The molecule has 0 spiro atoms. The Balaban J connectivity index is 5.48. The van der Waals surface area contributed by atoms with E-state index < -0.39 is 62.4 Å². The number of nitrogens with two attached hydrogens (primary N) is 1. The molecule has 0 aliphatic carbocycles. The second-order valence-electron chi connectivity index (χ2n) is 10.7. The van der Waals surface area contributed by atoms with Crippen LogP contribution in [0.4, 0.5) is 0 Å². The fourth-order valence-corrected chi connectivity index (χ4v) is 3.91. The quantitative estimate of drug-likeness (QED) is 0.208. The Hall–Kier alpha value is -2.24. The Bertz CT molecular complexity index is 742. The Morgan fingerprint density at radius 3 is 2.06 bits per heavy atom. The molecule has 10 nitrogen and oxygen atoms in total. The minimum Gasteiger partial charge on any atom is -0.460 e. The van der Waals surface area contributed by atoms with Crippen molar-refractivity contribution >= 4 is 32.1 Å². The van der Waals surface area contributed by atoms with Gasteiger partial charge in [0.15, 0.2) is 8.32 Å². The first-order valence-electron chi connectivity index (χ1n) is 11.3. The lowest BCUT2D eigenvalue weighted by atomic mass is 10.1. The van der Waals surface area contributed by atoms with Gasteiger partial charge in [0.2, 0.25) is 11.8 Å². The maximum absolute atomic E-state index is 12.9. The van der Waals surface area contributed by atoms with Crippen LogP contribution in [0.1, 0.15) is 54.9 Å². The number of nitrogens with one attached hydrogen (secondary N) is 2. The van der Waals surface area contributed by atoms with Gasteiger partial charge in [0.1, 0.15) is 24.8 Å². The van der Waals surface area contributed by atoms with Crippen molar-refractivity contribution in [2.45, 2.75) is 96.8 Å². The number of amides is 2. The molecule has 0 aliphatic rings. The summed E-state index contributed by atoms with van der Waals surface area (Å²) >= 11 is 0. The van der Waals surface area contributed by atoms with Crippen molar-refractivity contribution in [1.82, 2.24) is 10.6 Å². The zero-order valence-electron chi connectivity index (χ0n) is 22.1. The van der Waals surface area contributed by atoms with Crippen molar-refractivity contribution in [3.05, 3.63) is 12.7 Å². The highest BCUT2D eigenvalue weighted by molar-refractivity contribution is 6.74. The van der Waals surface area contributed by atoms with Gasteiger partial charge in [-0.3, -0.25) is 19.2 Å². The average molecular weight is 502 g/mol. The molecule has 0 aromatic rings. The topological polar surface area (TPSA) is 146 Å². The van der Waals surface area contributed by atoms with Gasteiger partial charge in [-0.2, -0.15) is 0 Å². The minimum atomic E-state index is -2.31. The number of hydrogen-bond acceptors (Lipinski definition) is 8. The first kappa shape index (κ1) is 31.8. The lowest BCUT2D eigenvalue weighted by molar-refractivity contribution is -0.156. The highest BCUT2D eigenvalue weighted by Crippen LogP contribution is 2.37. The van der Waals surface area contributed by atoms with Crippen LogP contribution in [-0.2, 0) is 33.1 Å². The highest BCUT2D eigenvalue weighted by Gasteiger charge is 2.41. The first-order chi connectivity index (χ1) is 15.3. The molecule has 11 heteroatoms. The average Bonchev–Trinajstić information content (AvgIpc) is 2.65. The molecule has 34 heavy (non-hydrogen) atoms. The van der Waals surface area contributed by atoms with Crippen molar-refractivity contribution in [2.24, 2.45) is 5.73 Å². The van der Waals surface area contributed by atoms with E-state index in [0.29, 0.717) is 0 Å². The summed E-state index contributed by atoms with van der Waals surface area (Å²) in [6, 6.07) is -2.39. The normalized spacial score (nSPS) is 14.9. The van der Waals surface area contributed by atoms with Crippen LogP contribution in [0.25, 0.3) is 0 Å². The molecule has 0 saturated carbocycles. The molecule has 0 aromatic carbocycles. The third-order valence-electron chi connectivity index (χ3n) is 5.25. The predicted molar refractivity (Wildman–Crippen MR) is 132 cm³/mol.